The van der Waals surface area contributed by atoms with Gasteiger partial charge in [-0.2, -0.15) is 0 Å². The van der Waals surface area contributed by atoms with Crippen molar-refractivity contribution in [1.29, 1.82) is 0 Å². The summed E-state index contributed by atoms with van der Waals surface area (Å²) in [5.74, 6) is -0.0220. The van der Waals surface area contributed by atoms with Crippen molar-refractivity contribution in [2.24, 2.45) is 0 Å². The monoisotopic (exact) mass is 415 g/mol. The van der Waals surface area contributed by atoms with Crippen molar-refractivity contribution in [3.63, 3.8) is 0 Å². The molecule has 0 aliphatic rings. The van der Waals surface area contributed by atoms with Crippen molar-refractivity contribution in [3.8, 4) is 0 Å². The average Bonchev–Trinajstić information content (AvgIpc) is 3.22. The average molecular weight is 415 g/mol. The maximum atomic E-state index is 13.1. The summed E-state index contributed by atoms with van der Waals surface area (Å²) in [4.78, 5) is 33.2. The van der Waals surface area contributed by atoms with Gasteiger partial charge in [-0.05, 0) is 24.1 Å². The molecule has 2 aromatic carbocycles. The number of carbonyl (C=O) groups excluding carboxylic acids is 1. The molecule has 0 radical (unpaired) electrons. The Kier molecular flexibility index (Phi) is 6.12. The molecular weight excluding hydrogens is 390 g/mol. The number of nitrogens with one attached hydrogen (secondary N) is 3. The Morgan fingerprint density at radius 2 is 1.90 bits per heavy atom. The summed E-state index contributed by atoms with van der Waals surface area (Å²) in [6.07, 6.45) is 5.52. The molecule has 0 spiro atoms. The molecule has 3 N–H and O–H groups in total. The second-order valence-corrected chi connectivity index (χ2v) is 7.33. The predicted octanol–water partition coefficient (Wildman–Crippen LogP) is 3.08. The molecular formula is C24H25N5O2. The van der Waals surface area contributed by atoms with Crippen molar-refractivity contribution < 1.29 is 4.79 Å². The standard InChI is InChI=1S/C24H25N5O2/c1-2-29-13-12-25-22(24(29)31)28-21(23(30)27-15-17-8-4-3-5-9-17)14-18-16-26-20-11-7-6-10-19(18)20/h3-13,16,21,26H,2,14-15H2,1H3,(H,25,28)(H,27,30)/t21-/m0/s1. The lowest BCUT2D eigenvalue weighted by atomic mass is 10.0. The number of para-hydroxylation sites is 1. The molecule has 4 rings (SSSR count). The van der Waals surface area contributed by atoms with Crippen LogP contribution in [0.4, 0.5) is 5.82 Å². The first-order chi connectivity index (χ1) is 15.2. The van der Waals surface area contributed by atoms with Gasteiger partial charge in [0.15, 0.2) is 5.82 Å². The summed E-state index contributed by atoms with van der Waals surface area (Å²) in [5, 5.41) is 7.12. The van der Waals surface area contributed by atoms with E-state index in [1.54, 1.807) is 17.0 Å². The van der Waals surface area contributed by atoms with Crippen LogP contribution >= 0.6 is 0 Å². The number of H-pyrrole nitrogens is 1. The Hall–Kier alpha value is -3.87. The van der Waals surface area contributed by atoms with E-state index in [2.05, 4.69) is 20.6 Å². The summed E-state index contributed by atoms with van der Waals surface area (Å²) in [7, 11) is 0. The molecule has 0 saturated carbocycles. The van der Waals surface area contributed by atoms with Gasteiger partial charge < -0.3 is 20.2 Å². The minimum atomic E-state index is -0.657. The first-order valence-corrected chi connectivity index (χ1v) is 10.3. The van der Waals surface area contributed by atoms with Crippen LogP contribution in [0, 0.1) is 0 Å². The number of amides is 1. The fraction of sp³-hybridized carbons (Fsp3) is 0.208. The predicted molar refractivity (Wildman–Crippen MR) is 122 cm³/mol. The zero-order chi connectivity index (χ0) is 21.6. The highest BCUT2D eigenvalue weighted by Gasteiger charge is 2.22. The lowest BCUT2D eigenvalue weighted by Gasteiger charge is -2.19. The summed E-state index contributed by atoms with van der Waals surface area (Å²) < 4.78 is 1.56. The zero-order valence-corrected chi connectivity index (χ0v) is 17.3. The van der Waals surface area contributed by atoms with E-state index in [9.17, 15) is 9.59 Å². The Morgan fingerprint density at radius 1 is 1.13 bits per heavy atom. The maximum Gasteiger partial charge on any atom is 0.293 e. The highest BCUT2D eigenvalue weighted by atomic mass is 16.2. The van der Waals surface area contributed by atoms with Crippen LogP contribution in [0.3, 0.4) is 0 Å². The molecule has 0 bridgehead atoms. The van der Waals surface area contributed by atoms with Crippen LogP contribution in [0.1, 0.15) is 18.1 Å². The van der Waals surface area contributed by atoms with Gasteiger partial charge in [-0.25, -0.2) is 4.98 Å². The smallest absolute Gasteiger partial charge is 0.293 e. The number of aryl methyl sites for hydroxylation is 1. The van der Waals surface area contributed by atoms with E-state index in [1.807, 2.05) is 67.7 Å². The normalized spacial score (nSPS) is 11.9. The second kappa shape index (κ2) is 9.30. The molecule has 4 aromatic rings. The van der Waals surface area contributed by atoms with Gasteiger partial charge in [-0.3, -0.25) is 9.59 Å². The van der Waals surface area contributed by atoms with Gasteiger partial charge in [0.1, 0.15) is 6.04 Å². The largest absolute Gasteiger partial charge is 0.361 e. The minimum Gasteiger partial charge on any atom is -0.361 e. The molecule has 0 fully saturated rings. The van der Waals surface area contributed by atoms with Crippen LogP contribution in [-0.4, -0.2) is 26.5 Å². The molecule has 2 heterocycles. The third-order valence-electron chi connectivity index (χ3n) is 5.29. The number of benzene rings is 2. The van der Waals surface area contributed by atoms with Crippen molar-refractivity contribution in [3.05, 3.63) is 94.7 Å². The van der Waals surface area contributed by atoms with E-state index in [0.29, 0.717) is 19.5 Å². The van der Waals surface area contributed by atoms with Gasteiger partial charge in [0, 0.05) is 49.0 Å². The van der Waals surface area contributed by atoms with Crippen molar-refractivity contribution in [2.75, 3.05) is 5.32 Å². The highest BCUT2D eigenvalue weighted by Crippen LogP contribution is 2.20. The van der Waals surface area contributed by atoms with Crippen LogP contribution in [0.25, 0.3) is 10.9 Å². The van der Waals surface area contributed by atoms with Crippen LogP contribution in [0.2, 0.25) is 0 Å². The summed E-state index contributed by atoms with van der Waals surface area (Å²) in [6, 6.07) is 17.0. The number of aromatic nitrogens is 3. The number of carbonyl (C=O) groups is 1. The fourth-order valence-corrected chi connectivity index (χ4v) is 3.60. The fourth-order valence-electron chi connectivity index (χ4n) is 3.60. The van der Waals surface area contributed by atoms with E-state index in [4.69, 9.17) is 0 Å². The van der Waals surface area contributed by atoms with Crippen molar-refractivity contribution >= 4 is 22.6 Å². The Labute approximate surface area is 180 Å². The van der Waals surface area contributed by atoms with Crippen LogP contribution < -0.4 is 16.2 Å². The van der Waals surface area contributed by atoms with E-state index < -0.39 is 6.04 Å². The highest BCUT2D eigenvalue weighted by molar-refractivity contribution is 5.87. The quantitative estimate of drug-likeness (QED) is 0.412. The van der Waals surface area contributed by atoms with E-state index in [0.717, 1.165) is 22.0 Å². The minimum absolute atomic E-state index is 0.170. The second-order valence-electron chi connectivity index (χ2n) is 7.33. The van der Waals surface area contributed by atoms with Gasteiger partial charge in [0.2, 0.25) is 5.91 Å². The van der Waals surface area contributed by atoms with E-state index >= 15 is 0 Å². The molecule has 158 valence electrons. The van der Waals surface area contributed by atoms with Gasteiger partial charge in [-0.1, -0.05) is 48.5 Å². The topological polar surface area (TPSA) is 91.8 Å². The molecule has 2 aromatic heterocycles. The zero-order valence-electron chi connectivity index (χ0n) is 17.3. The summed E-state index contributed by atoms with van der Waals surface area (Å²) in [6.45, 7) is 2.83. The first kappa shape index (κ1) is 20.4. The molecule has 7 nitrogen and oxygen atoms in total. The third-order valence-corrected chi connectivity index (χ3v) is 5.29. The molecule has 0 aliphatic heterocycles. The molecule has 7 heteroatoms. The van der Waals surface area contributed by atoms with Gasteiger partial charge >= 0.3 is 0 Å². The number of hydrogen-bond acceptors (Lipinski definition) is 4. The number of aromatic amines is 1. The van der Waals surface area contributed by atoms with Crippen molar-refractivity contribution in [1.82, 2.24) is 19.9 Å². The Morgan fingerprint density at radius 3 is 2.71 bits per heavy atom. The third kappa shape index (κ3) is 4.66. The number of hydrogen-bond donors (Lipinski definition) is 3. The van der Waals surface area contributed by atoms with E-state index in [-0.39, 0.29) is 17.3 Å². The number of anilines is 1. The van der Waals surface area contributed by atoms with Gasteiger partial charge in [0.05, 0.1) is 0 Å². The lowest BCUT2D eigenvalue weighted by molar-refractivity contribution is -0.122. The van der Waals surface area contributed by atoms with Gasteiger partial charge in [0.25, 0.3) is 5.56 Å². The number of fused-ring (bicyclic) bond motifs is 1. The molecule has 1 atom stereocenters. The van der Waals surface area contributed by atoms with Crippen LogP contribution in [0.15, 0.2) is 78.0 Å². The van der Waals surface area contributed by atoms with Gasteiger partial charge in [-0.15, -0.1) is 0 Å². The molecule has 0 aliphatic carbocycles. The lowest BCUT2D eigenvalue weighted by Crippen LogP contribution is -2.42. The summed E-state index contributed by atoms with van der Waals surface area (Å²) >= 11 is 0. The van der Waals surface area contributed by atoms with Crippen molar-refractivity contribution in [2.45, 2.75) is 32.5 Å². The maximum absolute atomic E-state index is 13.1. The van der Waals surface area contributed by atoms with Crippen LogP contribution in [-0.2, 0) is 24.3 Å². The molecule has 1 amide bonds. The summed E-state index contributed by atoms with van der Waals surface area (Å²) in [5.41, 5.74) is 2.76. The number of nitrogens with zero attached hydrogens (tertiary/aromatic N) is 2. The Balaban J connectivity index is 1.59. The molecule has 31 heavy (non-hydrogen) atoms. The number of rotatable bonds is 8. The first-order valence-electron chi connectivity index (χ1n) is 10.3. The Bertz CT molecular complexity index is 1230. The SMILES string of the molecule is CCn1ccnc(N[C@@H](Cc2c[nH]c3ccccc23)C(=O)NCc2ccccc2)c1=O. The molecule has 0 unspecified atom stereocenters. The van der Waals surface area contributed by atoms with Crippen LogP contribution in [0.5, 0.6) is 0 Å². The molecule has 0 saturated heterocycles. The van der Waals surface area contributed by atoms with E-state index in [1.165, 1.54) is 0 Å².